The van der Waals surface area contributed by atoms with Crippen molar-refractivity contribution in [2.24, 2.45) is 0 Å². The van der Waals surface area contributed by atoms with E-state index < -0.39 is 10.0 Å². The number of anilines is 1. The summed E-state index contributed by atoms with van der Waals surface area (Å²) in [6.07, 6.45) is 1.91. The van der Waals surface area contributed by atoms with Gasteiger partial charge in [-0.1, -0.05) is 0 Å². The molecule has 0 bridgehead atoms. The molecule has 3 heterocycles. The molecule has 1 N–H and O–H groups in total. The molecular weight excluding hydrogens is 412 g/mol. The molecule has 1 aromatic carbocycles. The monoisotopic (exact) mass is 430 g/mol. The minimum atomic E-state index is -3.78. The minimum Gasteiger partial charge on any atom is -0.469 e. The normalized spacial score (nSPS) is 15.8. The molecule has 150 valence electrons. The number of nitrogens with zero attached hydrogens (tertiary/aromatic N) is 1. The maximum Gasteiger partial charge on any atom is 0.240 e. The van der Waals surface area contributed by atoms with Gasteiger partial charge in [-0.3, -0.25) is 14.5 Å². The third kappa shape index (κ3) is 4.02. The van der Waals surface area contributed by atoms with E-state index in [0.717, 1.165) is 10.5 Å². The number of sulfonamides is 1. The van der Waals surface area contributed by atoms with Crippen LogP contribution >= 0.6 is 11.3 Å². The molecule has 0 spiro atoms. The number of hydrogen-bond acceptors (Lipinski definition) is 6. The van der Waals surface area contributed by atoms with E-state index in [2.05, 4.69) is 4.72 Å². The van der Waals surface area contributed by atoms with E-state index in [9.17, 15) is 18.0 Å². The molecule has 0 aliphatic carbocycles. The van der Waals surface area contributed by atoms with Crippen LogP contribution in [-0.4, -0.2) is 26.8 Å². The van der Waals surface area contributed by atoms with E-state index in [4.69, 9.17) is 4.42 Å². The first-order valence-electron chi connectivity index (χ1n) is 8.97. The van der Waals surface area contributed by atoms with Crippen molar-refractivity contribution < 1.29 is 22.4 Å². The SMILES string of the molecule is O=C1CCC(=O)N1c1ccc(S(=O)(=O)NCC(c2ccsc2)c2ccco2)cc1. The van der Waals surface area contributed by atoms with Crippen LogP contribution in [0, 0.1) is 0 Å². The second-order valence-electron chi connectivity index (χ2n) is 6.59. The van der Waals surface area contributed by atoms with Gasteiger partial charge in [0.1, 0.15) is 5.76 Å². The zero-order valence-electron chi connectivity index (χ0n) is 15.3. The Kier molecular flexibility index (Phi) is 5.35. The Labute approximate surface area is 172 Å². The van der Waals surface area contributed by atoms with Gasteiger partial charge in [-0.05, 0) is 58.8 Å². The quantitative estimate of drug-likeness (QED) is 0.581. The summed E-state index contributed by atoms with van der Waals surface area (Å²) in [5, 5.41) is 3.89. The van der Waals surface area contributed by atoms with Crippen LogP contribution in [0.3, 0.4) is 0 Å². The number of hydrogen-bond donors (Lipinski definition) is 1. The zero-order valence-corrected chi connectivity index (χ0v) is 16.9. The van der Waals surface area contributed by atoms with Crippen LogP contribution in [0.25, 0.3) is 0 Å². The van der Waals surface area contributed by atoms with Crippen LogP contribution < -0.4 is 9.62 Å². The number of carbonyl (C=O) groups excluding carboxylic acids is 2. The summed E-state index contributed by atoms with van der Waals surface area (Å²) in [6.45, 7) is 0.136. The first-order valence-corrected chi connectivity index (χ1v) is 11.4. The molecule has 1 unspecified atom stereocenters. The summed E-state index contributed by atoms with van der Waals surface area (Å²) in [6, 6.07) is 11.2. The zero-order chi connectivity index (χ0) is 20.4. The van der Waals surface area contributed by atoms with Crippen LogP contribution in [0.4, 0.5) is 5.69 Å². The second kappa shape index (κ2) is 7.94. The Morgan fingerprint density at radius 2 is 1.79 bits per heavy atom. The molecule has 1 aliphatic rings. The Bertz CT molecular complexity index is 1050. The lowest BCUT2D eigenvalue weighted by Crippen LogP contribution is -2.30. The minimum absolute atomic E-state index is 0.0591. The molecule has 0 radical (unpaired) electrons. The van der Waals surface area contributed by atoms with Crippen molar-refractivity contribution in [3.8, 4) is 0 Å². The van der Waals surface area contributed by atoms with E-state index >= 15 is 0 Å². The van der Waals surface area contributed by atoms with Crippen LogP contribution in [0.5, 0.6) is 0 Å². The molecular formula is C20H18N2O5S2. The lowest BCUT2D eigenvalue weighted by atomic mass is 10.00. The summed E-state index contributed by atoms with van der Waals surface area (Å²) >= 11 is 1.53. The number of amides is 2. The first-order chi connectivity index (χ1) is 14.0. The summed E-state index contributed by atoms with van der Waals surface area (Å²) in [4.78, 5) is 24.8. The second-order valence-corrected chi connectivity index (χ2v) is 9.14. The number of thiophene rings is 1. The molecule has 1 aliphatic heterocycles. The number of carbonyl (C=O) groups is 2. The molecule has 9 heteroatoms. The van der Waals surface area contributed by atoms with Crippen LogP contribution in [0.2, 0.25) is 0 Å². The van der Waals surface area contributed by atoms with Gasteiger partial charge in [-0.15, -0.1) is 0 Å². The smallest absolute Gasteiger partial charge is 0.240 e. The fourth-order valence-electron chi connectivity index (χ4n) is 3.26. The summed E-state index contributed by atoms with van der Waals surface area (Å²) < 4.78 is 33.6. The fourth-order valence-corrected chi connectivity index (χ4v) is 5.02. The van der Waals surface area contributed by atoms with E-state index in [1.807, 2.05) is 22.9 Å². The topological polar surface area (TPSA) is 96.7 Å². The fraction of sp³-hybridized carbons (Fsp3) is 0.200. The average molecular weight is 431 g/mol. The average Bonchev–Trinajstić information content (AvgIpc) is 3.46. The molecule has 2 amide bonds. The summed E-state index contributed by atoms with van der Waals surface area (Å²) in [5.74, 6) is -0.126. The van der Waals surface area contributed by atoms with Gasteiger partial charge >= 0.3 is 0 Å². The highest BCUT2D eigenvalue weighted by atomic mass is 32.2. The van der Waals surface area contributed by atoms with Gasteiger partial charge < -0.3 is 4.42 Å². The summed E-state index contributed by atoms with van der Waals surface area (Å²) in [5.41, 5.74) is 1.34. The van der Waals surface area contributed by atoms with Crippen LogP contribution in [0.15, 0.2) is 68.8 Å². The Hall–Kier alpha value is -2.75. The van der Waals surface area contributed by atoms with E-state index in [0.29, 0.717) is 11.4 Å². The van der Waals surface area contributed by atoms with Crippen molar-refractivity contribution in [2.45, 2.75) is 23.7 Å². The standard InChI is InChI=1S/C20H18N2O5S2/c23-19-7-8-20(24)22(19)15-3-5-16(6-4-15)29(25,26)21-12-17(14-9-11-28-13-14)18-2-1-10-27-18/h1-6,9-11,13,17,21H,7-8,12H2. The molecule has 1 fully saturated rings. The highest BCUT2D eigenvalue weighted by molar-refractivity contribution is 7.89. The lowest BCUT2D eigenvalue weighted by Gasteiger charge is -2.16. The van der Waals surface area contributed by atoms with Gasteiger partial charge in [0.05, 0.1) is 22.8 Å². The maximum absolute atomic E-state index is 12.8. The number of furan rings is 1. The van der Waals surface area contributed by atoms with E-state index in [1.54, 1.807) is 12.3 Å². The molecule has 1 atom stereocenters. The van der Waals surface area contributed by atoms with Crippen molar-refractivity contribution >= 4 is 38.9 Å². The van der Waals surface area contributed by atoms with E-state index in [-0.39, 0.29) is 42.0 Å². The van der Waals surface area contributed by atoms with Crippen molar-refractivity contribution in [2.75, 3.05) is 11.4 Å². The molecule has 2 aromatic heterocycles. The van der Waals surface area contributed by atoms with Gasteiger partial charge in [0.25, 0.3) is 0 Å². The van der Waals surface area contributed by atoms with Crippen LogP contribution in [-0.2, 0) is 19.6 Å². The Morgan fingerprint density at radius 3 is 2.38 bits per heavy atom. The van der Waals surface area contributed by atoms with Crippen molar-refractivity contribution in [3.63, 3.8) is 0 Å². The number of benzene rings is 1. The van der Waals surface area contributed by atoms with Gasteiger partial charge in [0, 0.05) is 19.4 Å². The predicted octanol–water partition coefficient (Wildman–Crippen LogP) is 3.10. The highest BCUT2D eigenvalue weighted by Crippen LogP contribution is 2.27. The van der Waals surface area contributed by atoms with Gasteiger partial charge in [-0.25, -0.2) is 13.1 Å². The third-order valence-corrected chi connectivity index (χ3v) is 6.91. The number of nitrogens with one attached hydrogen (secondary N) is 1. The van der Waals surface area contributed by atoms with Gasteiger partial charge in [0.15, 0.2) is 0 Å². The predicted molar refractivity (Wildman–Crippen MR) is 108 cm³/mol. The molecule has 0 saturated carbocycles. The van der Waals surface area contributed by atoms with Crippen molar-refractivity contribution in [1.82, 2.24) is 4.72 Å². The Morgan fingerprint density at radius 1 is 1.07 bits per heavy atom. The highest BCUT2D eigenvalue weighted by Gasteiger charge is 2.30. The third-order valence-electron chi connectivity index (χ3n) is 4.77. The summed E-state index contributed by atoms with van der Waals surface area (Å²) in [7, 11) is -3.78. The van der Waals surface area contributed by atoms with Crippen LogP contribution in [0.1, 0.15) is 30.1 Å². The van der Waals surface area contributed by atoms with Gasteiger partial charge in [-0.2, -0.15) is 11.3 Å². The molecule has 29 heavy (non-hydrogen) atoms. The van der Waals surface area contributed by atoms with E-state index in [1.165, 1.54) is 35.6 Å². The van der Waals surface area contributed by atoms with Gasteiger partial charge in [0.2, 0.25) is 21.8 Å². The Balaban J connectivity index is 1.51. The van der Waals surface area contributed by atoms with Crippen molar-refractivity contribution in [1.29, 1.82) is 0 Å². The van der Waals surface area contributed by atoms with Crippen molar-refractivity contribution in [3.05, 3.63) is 70.8 Å². The number of imide groups is 1. The molecule has 7 nitrogen and oxygen atoms in total. The largest absolute Gasteiger partial charge is 0.469 e. The molecule has 4 rings (SSSR count). The molecule has 3 aromatic rings. The lowest BCUT2D eigenvalue weighted by molar-refractivity contribution is -0.121. The first kappa shape index (κ1) is 19.6. The molecule has 1 saturated heterocycles. The maximum atomic E-state index is 12.8. The number of rotatable bonds is 7.